The molecule has 0 spiro atoms. The fourth-order valence-electron chi connectivity index (χ4n) is 1.26. The average Bonchev–Trinajstić information content (AvgIpc) is 2.12. The van der Waals surface area contributed by atoms with Gasteiger partial charge in [0.2, 0.25) is 0 Å². The molecule has 14 heavy (non-hydrogen) atoms. The van der Waals surface area contributed by atoms with Crippen LogP contribution < -0.4 is 5.73 Å². The van der Waals surface area contributed by atoms with Crippen LogP contribution in [0.1, 0.15) is 5.56 Å². The molecule has 0 saturated carbocycles. The molecule has 1 rings (SSSR count). The standard InChI is InChI=1S/C10H13Cl2NS/c1-14-6-7(13)5-8-9(11)3-2-4-10(8)12/h2-4,7H,5-6,13H2,1H3. The number of nitrogens with two attached hydrogens (primary N) is 1. The third-order valence-corrected chi connectivity index (χ3v) is 3.38. The van der Waals surface area contributed by atoms with Gasteiger partial charge in [0.05, 0.1) is 0 Å². The Balaban J connectivity index is 2.75. The fraction of sp³-hybridized carbons (Fsp3) is 0.400. The lowest BCUT2D eigenvalue weighted by atomic mass is 10.1. The summed E-state index contributed by atoms with van der Waals surface area (Å²) in [5.41, 5.74) is 6.87. The van der Waals surface area contributed by atoms with Gasteiger partial charge in [-0.1, -0.05) is 29.3 Å². The molecule has 2 N–H and O–H groups in total. The second-order valence-corrected chi connectivity index (χ2v) is 4.84. The van der Waals surface area contributed by atoms with Crippen LogP contribution in [0.5, 0.6) is 0 Å². The maximum atomic E-state index is 6.03. The summed E-state index contributed by atoms with van der Waals surface area (Å²) in [6.07, 6.45) is 2.77. The lowest BCUT2D eigenvalue weighted by Gasteiger charge is -2.12. The van der Waals surface area contributed by atoms with Crippen LogP contribution in [0.2, 0.25) is 10.0 Å². The maximum absolute atomic E-state index is 6.03. The minimum absolute atomic E-state index is 0.113. The number of rotatable bonds is 4. The summed E-state index contributed by atoms with van der Waals surface area (Å²) in [7, 11) is 0. The van der Waals surface area contributed by atoms with Gasteiger partial charge < -0.3 is 5.73 Å². The number of benzene rings is 1. The molecule has 1 nitrogen and oxygen atoms in total. The topological polar surface area (TPSA) is 26.0 Å². The summed E-state index contributed by atoms with van der Waals surface area (Å²) in [6, 6.07) is 5.64. The van der Waals surface area contributed by atoms with E-state index in [4.69, 9.17) is 28.9 Å². The molecule has 1 atom stereocenters. The molecule has 0 aliphatic heterocycles. The molecular formula is C10H13Cl2NS. The predicted molar refractivity (Wildman–Crippen MR) is 66.5 cm³/mol. The van der Waals surface area contributed by atoms with Crippen LogP contribution in [0.3, 0.4) is 0 Å². The molecule has 4 heteroatoms. The normalized spacial score (nSPS) is 12.9. The van der Waals surface area contributed by atoms with E-state index in [1.54, 1.807) is 11.8 Å². The van der Waals surface area contributed by atoms with E-state index in [1.807, 2.05) is 24.5 Å². The van der Waals surface area contributed by atoms with Crippen LogP contribution in [-0.4, -0.2) is 18.1 Å². The van der Waals surface area contributed by atoms with Gasteiger partial charge in [0.25, 0.3) is 0 Å². The number of hydrogen-bond acceptors (Lipinski definition) is 2. The van der Waals surface area contributed by atoms with Crippen molar-refractivity contribution in [2.75, 3.05) is 12.0 Å². The van der Waals surface area contributed by atoms with E-state index in [-0.39, 0.29) is 6.04 Å². The Morgan fingerprint density at radius 2 is 1.93 bits per heavy atom. The first-order valence-corrected chi connectivity index (χ1v) is 6.47. The first-order chi connectivity index (χ1) is 6.65. The molecule has 0 aliphatic rings. The zero-order chi connectivity index (χ0) is 10.6. The van der Waals surface area contributed by atoms with Gasteiger partial charge in [-0.15, -0.1) is 0 Å². The van der Waals surface area contributed by atoms with Crippen LogP contribution in [0.15, 0.2) is 18.2 Å². The summed E-state index contributed by atoms with van der Waals surface area (Å²) >= 11 is 13.8. The molecular weight excluding hydrogens is 237 g/mol. The van der Waals surface area contributed by atoms with Crippen molar-refractivity contribution in [3.05, 3.63) is 33.8 Å². The summed E-state index contributed by atoms with van der Waals surface area (Å²) in [6.45, 7) is 0. The highest BCUT2D eigenvalue weighted by molar-refractivity contribution is 7.98. The van der Waals surface area contributed by atoms with Gasteiger partial charge in [-0.2, -0.15) is 11.8 Å². The van der Waals surface area contributed by atoms with Gasteiger partial charge >= 0.3 is 0 Å². The van der Waals surface area contributed by atoms with E-state index in [1.165, 1.54) is 0 Å². The number of thioether (sulfide) groups is 1. The minimum Gasteiger partial charge on any atom is -0.327 e. The third-order valence-electron chi connectivity index (χ3n) is 1.91. The van der Waals surface area contributed by atoms with Gasteiger partial charge in [0.1, 0.15) is 0 Å². The van der Waals surface area contributed by atoms with Gasteiger partial charge in [-0.05, 0) is 30.4 Å². The van der Waals surface area contributed by atoms with Gasteiger partial charge in [0.15, 0.2) is 0 Å². The summed E-state index contributed by atoms with van der Waals surface area (Å²) in [5.74, 6) is 0.918. The SMILES string of the molecule is CSCC(N)Cc1c(Cl)cccc1Cl. The Kier molecular flexibility index (Phi) is 5.10. The highest BCUT2D eigenvalue weighted by Crippen LogP contribution is 2.25. The summed E-state index contributed by atoms with van der Waals surface area (Å²) < 4.78 is 0. The average molecular weight is 250 g/mol. The van der Waals surface area contributed by atoms with Crippen LogP contribution in [0.4, 0.5) is 0 Å². The Hall–Kier alpha value is 0.110. The maximum Gasteiger partial charge on any atom is 0.0453 e. The molecule has 78 valence electrons. The molecule has 1 aromatic carbocycles. The van der Waals surface area contributed by atoms with Gasteiger partial charge in [0, 0.05) is 21.8 Å². The molecule has 0 aromatic heterocycles. The second kappa shape index (κ2) is 5.86. The zero-order valence-electron chi connectivity index (χ0n) is 7.97. The smallest absolute Gasteiger partial charge is 0.0453 e. The quantitative estimate of drug-likeness (QED) is 0.887. The van der Waals surface area contributed by atoms with E-state index in [0.29, 0.717) is 10.0 Å². The molecule has 0 bridgehead atoms. The van der Waals surface area contributed by atoms with Crippen molar-refractivity contribution >= 4 is 35.0 Å². The first-order valence-electron chi connectivity index (χ1n) is 4.32. The Bertz CT molecular complexity index is 284. The number of halogens is 2. The zero-order valence-corrected chi connectivity index (χ0v) is 10.3. The molecule has 1 unspecified atom stereocenters. The van der Waals surface area contributed by atoms with E-state index in [2.05, 4.69) is 0 Å². The van der Waals surface area contributed by atoms with Crippen LogP contribution in [0.25, 0.3) is 0 Å². The van der Waals surface area contributed by atoms with Gasteiger partial charge in [-0.25, -0.2) is 0 Å². The van der Waals surface area contributed by atoms with Crippen molar-refractivity contribution in [2.45, 2.75) is 12.5 Å². The van der Waals surface area contributed by atoms with Gasteiger partial charge in [-0.3, -0.25) is 0 Å². The molecule has 0 fully saturated rings. The highest BCUT2D eigenvalue weighted by Gasteiger charge is 2.09. The van der Waals surface area contributed by atoms with Crippen molar-refractivity contribution in [1.29, 1.82) is 0 Å². The van der Waals surface area contributed by atoms with Crippen LogP contribution in [-0.2, 0) is 6.42 Å². The molecule has 0 saturated heterocycles. The van der Waals surface area contributed by atoms with E-state index in [9.17, 15) is 0 Å². The molecule has 0 aliphatic carbocycles. The predicted octanol–water partition coefficient (Wildman–Crippen LogP) is 3.23. The number of hydrogen-bond donors (Lipinski definition) is 1. The fourth-order valence-corrected chi connectivity index (χ4v) is 2.36. The van der Waals surface area contributed by atoms with Crippen LogP contribution >= 0.6 is 35.0 Å². The second-order valence-electron chi connectivity index (χ2n) is 3.12. The highest BCUT2D eigenvalue weighted by atomic mass is 35.5. The minimum atomic E-state index is 0.113. The molecule has 0 radical (unpaired) electrons. The molecule has 0 heterocycles. The molecule has 1 aromatic rings. The lowest BCUT2D eigenvalue weighted by Crippen LogP contribution is -2.25. The first kappa shape index (κ1) is 12.2. The monoisotopic (exact) mass is 249 g/mol. The largest absolute Gasteiger partial charge is 0.327 e. The van der Waals surface area contributed by atoms with E-state index < -0.39 is 0 Å². The third kappa shape index (κ3) is 3.35. The van der Waals surface area contributed by atoms with Crippen molar-refractivity contribution < 1.29 is 0 Å². The summed E-state index contributed by atoms with van der Waals surface area (Å²) in [4.78, 5) is 0. The van der Waals surface area contributed by atoms with E-state index >= 15 is 0 Å². The Morgan fingerprint density at radius 1 is 1.36 bits per heavy atom. The van der Waals surface area contributed by atoms with Crippen LogP contribution in [0, 0.1) is 0 Å². The van der Waals surface area contributed by atoms with Crippen molar-refractivity contribution in [3.63, 3.8) is 0 Å². The van der Waals surface area contributed by atoms with Crippen molar-refractivity contribution in [2.24, 2.45) is 5.73 Å². The lowest BCUT2D eigenvalue weighted by molar-refractivity contribution is 0.749. The van der Waals surface area contributed by atoms with Crippen molar-refractivity contribution in [3.8, 4) is 0 Å². The van der Waals surface area contributed by atoms with Crippen molar-refractivity contribution in [1.82, 2.24) is 0 Å². The molecule has 0 amide bonds. The summed E-state index contributed by atoms with van der Waals surface area (Å²) in [5, 5.41) is 1.41. The van der Waals surface area contributed by atoms with E-state index in [0.717, 1.165) is 17.7 Å². The Labute approximate surface area is 99.0 Å². The Morgan fingerprint density at radius 3 is 2.43 bits per heavy atom.